The van der Waals surface area contributed by atoms with Crippen molar-refractivity contribution < 1.29 is 0 Å². The van der Waals surface area contributed by atoms with Gasteiger partial charge in [-0.15, -0.1) is 0 Å². The van der Waals surface area contributed by atoms with Crippen molar-refractivity contribution in [3.8, 4) is 12.1 Å². The maximum Gasteiger partial charge on any atom is 0.230 e. The van der Waals surface area contributed by atoms with Gasteiger partial charge in [-0.3, -0.25) is 0 Å². The lowest BCUT2D eigenvalue weighted by atomic mass is 10.0. The quantitative estimate of drug-likeness (QED) is 0.356. The van der Waals surface area contributed by atoms with E-state index in [0.717, 1.165) is 22.4 Å². The molecule has 2 N–H and O–H groups in total. The topological polar surface area (TPSA) is 97.4 Å². The molecule has 0 atom stereocenters. The molecule has 1 heterocycles. The van der Waals surface area contributed by atoms with Gasteiger partial charge in [-0.2, -0.15) is 15.5 Å². The van der Waals surface area contributed by atoms with E-state index >= 15 is 0 Å². The highest BCUT2D eigenvalue weighted by Gasteiger charge is 2.09. The van der Waals surface area contributed by atoms with Gasteiger partial charge in [-0.25, -0.2) is 4.98 Å². The molecular formula is C22H19ClN6. The van der Waals surface area contributed by atoms with Crippen LogP contribution in [0.3, 0.4) is 0 Å². The molecule has 1 aromatic carbocycles. The monoisotopic (exact) mass is 402 g/mol. The van der Waals surface area contributed by atoms with E-state index in [1.165, 1.54) is 12.2 Å². The fourth-order valence-electron chi connectivity index (χ4n) is 2.51. The number of halogens is 1. The lowest BCUT2D eigenvalue weighted by Crippen LogP contribution is -2.05. The second kappa shape index (κ2) is 9.89. The highest BCUT2D eigenvalue weighted by molar-refractivity contribution is 6.29. The molecule has 0 aliphatic carbocycles. The zero-order valence-electron chi connectivity index (χ0n) is 16.1. The summed E-state index contributed by atoms with van der Waals surface area (Å²) in [6, 6.07) is 9.47. The van der Waals surface area contributed by atoms with E-state index < -0.39 is 0 Å². The van der Waals surface area contributed by atoms with Crippen LogP contribution in [0.5, 0.6) is 0 Å². The first kappa shape index (κ1) is 21.4. The molecule has 0 bridgehead atoms. The number of hydrogen-bond acceptors (Lipinski definition) is 6. The number of nitrogens with zero attached hydrogens (tertiary/aromatic N) is 4. The number of allylic oxidation sites excluding steroid dienone is 4. The third-order valence-corrected chi connectivity index (χ3v) is 3.95. The molecule has 2 rings (SSSR count). The van der Waals surface area contributed by atoms with Crippen LogP contribution in [0.4, 0.5) is 17.5 Å². The van der Waals surface area contributed by atoms with Crippen LogP contribution >= 0.6 is 11.6 Å². The lowest BCUT2D eigenvalue weighted by molar-refractivity contribution is 1.15. The molecule has 0 aliphatic rings. The molecule has 29 heavy (non-hydrogen) atoms. The Bertz CT molecular complexity index is 1080. The molecule has 6 nitrogen and oxygen atoms in total. The van der Waals surface area contributed by atoms with Crippen LogP contribution in [-0.2, 0) is 0 Å². The SMILES string of the molecule is C=C(C#N)/C=C\C(=C)Nc1nc(Cl)cc(Nc2c(C)cc(/C=C/C#N)cc2C)n1. The molecule has 0 saturated heterocycles. The molecule has 0 unspecified atom stereocenters. The summed E-state index contributed by atoms with van der Waals surface area (Å²) in [6.45, 7) is 11.3. The molecule has 7 heteroatoms. The predicted molar refractivity (Wildman–Crippen MR) is 118 cm³/mol. The average Bonchev–Trinajstić information content (AvgIpc) is 2.66. The Labute approximate surface area is 175 Å². The average molecular weight is 403 g/mol. The van der Waals surface area contributed by atoms with Crippen molar-refractivity contribution >= 4 is 35.1 Å². The molecule has 0 amide bonds. The van der Waals surface area contributed by atoms with Crippen LogP contribution in [0.15, 0.2) is 60.9 Å². The van der Waals surface area contributed by atoms with Crippen LogP contribution in [0.25, 0.3) is 6.08 Å². The lowest BCUT2D eigenvalue weighted by Gasteiger charge is -2.14. The Hall–Kier alpha value is -3.87. The molecule has 0 radical (unpaired) electrons. The Balaban J connectivity index is 2.25. The molecule has 1 aromatic heterocycles. The van der Waals surface area contributed by atoms with E-state index in [1.807, 2.05) is 38.1 Å². The minimum absolute atomic E-state index is 0.257. The summed E-state index contributed by atoms with van der Waals surface area (Å²) in [5.74, 6) is 0.776. The maximum atomic E-state index is 8.74. The Morgan fingerprint density at radius 3 is 2.41 bits per heavy atom. The Morgan fingerprint density at radius 2 is 1.79 bits per heavy atom. The van der Waals surface area contributed by atoms with Crippen molar-refractivity contribution in [2.75, 3.05) is 10.6 Å². The normalized spacial score (nSPS) is 10.5. The maximum absolute atomic E-state index is 8.74. The van der Waals surface area contributed by atoms with E-state index in [4.69, 9.17) is 22.1 Å². The number of rotatable bonds is 7. The number of aryl methyl sites for hydroxylation is 2. The first-order valence-corrected chi connectivity index (χ1v) is 8.92. The van der Waals surface area contributed by atoms with Gasteiger partial charge in [0.1, 0.15) is 11.0 Å². The van der Waals surface area contributed by atoms with Gasteiger partial charge in [0.15, 0.2) is 0 Å². The third kappa shape index (κ3) is 6.35. The number of anilines is 3. The van der Waals surface area contributed by atoms with Crippen molar-refractivity contribution in [3.05, 3.63) is 82.7 Å². The van der Waals surface area contributed by atoms with Gasteiger partial charge in [0.05, 0.1) is 12.1 Å². The Morgan fingerprint density at radius 1 is 1.10 bits per heavy atom. The molecular weight excluding hydrogens is 384 g/mol. The summed E-state index contributed by atoms with van der Waals surface area (Å²) < 4.78 is 0. The molecule has 144 valence electrons. The van der Waals surface area contributed by atoms with Crippen molar-refractivity contribution in [1.29, 1.82) is 10.5 Å². The third-order valence-electron chi connectivity index (χ3n) is 3.75. The fourth-order valence-corrected chi connectivity index (χ4v) is 2.70. The Kier molecular flexibility index (Phi) is 7.31. The molecule has 0 fully saturated rings. The summed E-state index contributed by atoms with van der Waals surface area (Å²) in [6.07, 6.45) is 6.34. The fraction of sp³-hybridized carbons (Fsp3) is 0.0909. The summed E-state index contributed by atoms with van der Waals surface area (Å²) >= 11 is 6.14. The van der Waals surface area contributed by atoms with Crippen molar-refractivity contribution in [1.82, 2.24) is 9.97 Å². The van der Waals surface area contributed by atoms with Gasteiger partial charge < -0.3 is 10.6 Å². The number of aromatic nitrogens is 2. The van der Waals surface area contributed by atoms with E-state index in [-0.39, 0.29) is 11.1 Å². The van der Waals surface area contributed by atoms with E-state index in [9.17, 15) is 0 Å². The van der Waals surface area contributed by atoms with Gasteiger partial charge in [0.2, 0.25) is 5.95 Å². The molecule has 0 spiro atoms. The van der Waals surface area contributed by atoms with Crippen molar-refractivity contribution in [2.45, 2.75) is 13.8 Å². The molecule has 0 saturated carbocycles. The number of nitrogens with one attached hydrogen (secondary N) is 2. The summed E-state index contributed by atoms with van der Waals surface area (Å²) in [7, 11) is 0. The standard InChI is InChI=1S/C22H19ClN6/c1-14(13-25)7-8-17(4)26-22-27-19(23)12-20(29-22)28-21-15(2)10-18(6-5-9-24)11-16(21)3/h5-8,10-12H,1,4H2,2-3H3,(H2,26,27,28,29)/b6-5+,8-7-. The molecule has 0 aliphatic heterocycles. The number of hydrogen-bond donors (Lipinski definition) is 2. The van der Waals surface area contributed by atoms with E-state index in [1.54, 1.807) is 18.2 Å². The molecule has 2 aromatic rings. The van der Waals surface area contributed by atoms with E-state index in [0.29, 0.717) is 17.1 Å². The van der Waals surface area contributed by atoms with Gasteiger partial charge in [0.25, 0.3) is 0 Å². The van der Waals surface area contributed by atoms with Crippen molar-refractivity contribution in [3.63, 3.8) is 0 Å². The van der Waals surface area contributed by atoms with Gasteiger partial charge in [-0.1, -0.05) is 24.8 Å². The number of benzene rings is 1. The first-order valence-electron chi connectivity index (χ1n) is 8.54. The van der Waals surface area contributed by atoms with Crippen LogP contribution in [0.2, 0.25) is 5.15 Å². The van der Waals surface area contributed by atoms with Crippen LogP contribution in [-0.4, -0.2) is 9.97 Å². The largest absolute Gasteiger partial charge is 0.340 e. The van der Waals surface area contributed by atoms with Crippen LogP contribution in [0.1, 0.15) is 16.7 Å². The van der Waals surface area contributed by atoms with Gasteiger partial charge in [-0.05, 0) is 60.9 Å². The van der Waals surface area contributed by atoms with Gasteiger partial charge in [0, 0.05) is 29.1 Å². The second-order valence-electron chi connectivity index (χ2n) is 6.14. The predicted octanol–water partition coefficient (Wildman–Crippen LogP) is 5.59. The summed E-state index contributed by atoms with van der Waals surface area (Å²) in [5, 5.41) is 23.9. The highest BCUT2D eigenvalue weighted by Crippen LogP contribution is 2.27. The first-order chi connectivity index (χ1) is 13.8. The summed E-state index contributed by atoms with van der Waals surface area (Å²) in [5.41, 5.74) is 4.61. The second-order valence-corrected chi connectivity index (χ2v) is 6.52. The van der Waals surface area contributed by atoms with Crippen molar-refractivity contribution in [2.24, 2.45) is 0 Å². The number of nitriles is 2. The zero-order valence-corrected chi connectivity index (χ0v) is 16.9. The minimum Gasteiger partial charge on any atom is -0.340 e. The minimum atomic E-state index is 0.257. The van der Waals surface area contributed by atoms with Crippen LogP contribution in [0, 0.1) is 36.5 Å². The smallest absolute Gasteiger partial charge is 0.230 e. The van der Waals surface area contributed by atoms with Crippen LogP contribution < -0.4 is 10.6 Å². The zero-order chi connectivity index (χ0) is 21.4. The van der Waals surface area contributed by atoms with Gasteiger partial charge >= 0.3 is 0 Å². The van der Waals surface area contributed by atoms with E-state index in [2.05, 4.69) is 33.8 Å². The highest BCUT2D eigenvalue weighted by atomic mass is 35.5. The summed E-state index contributed by atoms with van der Waals surface area (Å²) in [4.78, 5) is 8.55.